The summed E-state index contributed by atoms with van der Waals surface area (Å²) in [6.07, 6.45) is 0. The molecule has 2 aliphatic heterocycles. The lowest BCUT2D eigenvalue weighted by Crippen LogP contribution is -2.53. The topological polar surface area (TPSA) is 45.1 Å². The van der Waals surface area contributed by atoms with Crippen LogP contribution in [-0.4, -0.2) is 43.3 Å². The smallest absolute Gasteiger partial charge is 0.270 e. The third kappa shape index (κ3) is 2.30. The van der Waals surface area contributed by atoms with Gasteiger partial charge in [0.2, 0.25) is 0 Å². The van der Waals surface area contributed by atoms with Crippen LogP contribution in [-0.2, 0) is 10.2 Å². The Morgan fingerprint density at radius 2 is 1.96 bits per heavy atom. The Morgan fingerprint density at radius 1 is 1.23 bits per heavy atom. The molecule has 0 aromatic heterocycles. The number of benzene rings is 2. The first-order valence-electron chi connectivity index (χ1n) is 8.82. The molecule has 4 rings (SSSR count). The normalized spacial score (nSPS) is 23.6. The number of anilines is 1. The van der Waals surface area contributed by atoms with Crippen molar-refractivity contribution in [1.82, 2.24) is 4.90 Å². The van der Waals surface area contributed by atoms with Crippen molar-refractivity contribution in [2.75, 3.05) is 25.7 Å². The molecule has 0 N–H and O–H groups in total. The van der Waals surface area contributed by atoms with E-state index in [0.717, 1.165) is 22.6 Å². The molecule has 2 aromatic rings. The second-order valence-electron chi connectivity index (χ2n) is 7.36. The summed E-state index contributed by atoms with van der Waals surface area (Å²) in [7, 11) is 3.53. The molecule has 2 heterocycles. The highest BCUT2D eigenvalue weighted by molar-refractivity contribution is 6.43. The Labute approximate surface area is 153 Å². The molecule has 0 saturated heterocycles. The summed E-state index contributed by atoms with van der Waals surface area (Å²) in [5.41, 5.74) is 3.13. The number of carbonyl (C=O) groups is 1. The number of fused-ring (bicyclic) bond motifs is 3. The Hall–Kier alpha value is -2.82. The van der Waals surface area contributed by atoms with Crippen LogP contribution >= 0.6 is 0 Å². The number of rotatable bonds is 2. The van der Waals surface area contributed by atoms with E-state index >= 15 is 0 Å². The van der Waals surface area contributed by atoms with Gasteiger partial charge >= 0.3 is 0 Å². The number of ether oxygens (including phenoxy) is 1. The van der Waals surface area contributed by atoms with Crippen LogP contribution in [0.3, 0.4) is 0 Å². The van der Waals surface area contributed by atoms with E-state index in [2.05, 4.69) is 25.1 Å². The van der Waals surface area contributed by atoms with Gasteiger partial charge in [0, 0.05) is 14.1 Å². The van der Waals surface area contributed by atoms with Gasteiger partial charge in [-0.25, -0.2) is 0 Å². The predicted molar refractivity (Wildman–Crippen MR) is 103 cm³/mol. The van der Waals surface area contributed by atoms with Crippen molar-refractivity contribution < 1.29 is 9.53 Å². The molecule has 0 aliphatic carbocycles. The molecule has 2 aliphatic rings. The van der Waals surface area contributed by atoms with Gasteiger partial charge in [-0.2, -0.15) is 5.10 Å². The molecule has 134 valence electrons. The molecule has 0 unspecified atom stereocenters. The minimum atomic E-state index is -0.552. The predicted octanol–water partition coefficient (Wildman–Crippen LogP) is 2.98. The first-order valence-corrected chi connectivity index (χ1v) is 8.82. The Morgan fingerprint density at radius 3 is 2.65 bits per heavy atom. The van der Waals surface area contributed by atoms with E-state index in [1.165, 1.54) is 0 Å². The second kappa shape index (κ2) is 5.87. The van der Waals surface area contributed by atoms with Crippen LogP contribution in [0.25, 0.3) is 0 Å². The highest BCUT2D eigenvalue weighted by Gasteiger charge is 2.54. The van der Waals surface area contributed by atoms with Crippen LogP contribution in [0.5, 0.6) is 5.75 Å². The van der Waals surface area contributed by atoms with Crippen LogP contribution in [0, 0.1) is 6.92 Å². The highest BCUT2D eigenvalue weighted by Crippen LogP contribution is 2.46. The summed E-state index contributed by atoms with van der Waals surface area (Å²) in [5, 5.41) is 6.80. The van der Waals surface area contributed by atoms with Crippen LogP contribution in [0.1, 0.15) is 18.1 Å². The second-order valence-corrected chi connectivity index (χ2v) is 7.36. The lowest BCUT2D eigenvalue weighted by molar-refractivity contribution is -0.122. The minimum Gasteiger partial charge on any atom is -0.489 e. The first-order chi connectivity index (χ1) is 12.4. The summed E-state index contributed by atoms with van der Waals surface area (Å²) < 4.78 is 6.06. The van der Waals surface area contributed by atoms with Gasteiger partial charge in [-0.1, -0.05) is 36.4 Å². The van der Waals surface area contributed by atoms with Crippen molar-refractivity contribution in [3.8, 4) is 5.75 Å². The Kier molecular flexibility index (Phi) is 3.75. The van der Waals surface area contributed by atoms with E-state index in [4.69, 9.17) is 9.84 Å². The quantitative estimate of drug-likeness (QED) is 0.837. The molecule has 0 bridgehead atoms. The molecular formula is C21H23N3O2. The Bertz CT molecular complexity index is 891. The fourth-order valence-electron chi connectivity index (χ4n) is 3.83. The van der Waals surface area contributed by atoms with Gasteiger partial charge in [-0.3, -0.25) is 9.80 Å². The summed E-state index contributed by atoms with van der Waals surface area (Å²) in [4.78, 5) is 14.6. The molecule has 0 saturated carbocycles. The van der Waals surface area contributed by atoms with Gasteiger partial charge in [0.05, 0.1) is 5.41 Å². The molecule has 1 amide bonds. The summed E-state index contributed by atoms with van der Waals surface area (Å²) in [6.45, 7) is 4.62. The zero-order valence-electron chi connectivity index (χ0n) is 15.6. The number of amides is 1. The number of nitrogens with zero attached hydrogens (tertiary/aromatic N) is 3. The maximum atomic E-state index is 13.0. The molecule has 5 heteroatoms. The minimum absolute atomic E-state index is 0.0695. The number of aryl methyl sites for hydroxylation is 1. The third-order valence-corrected chi connectivity index (χ3v) is 5.40. The summed E-state index contributed by atoms with van der Waals surface area (Å²) in [5.74, 6) is 0.740. The van der Waals surface area contributed by atoms with Crippen molar-refractivity contribution in [2.24, 2.45) is 5.10 Å². The average molecular weight is 349 g/mol. The fourth-order valence-corrected chi connectivity index (χ4v) is 3.83. The maximum absolute atomic E-state index is 13.0. The summed E-state index contributed by atoms with van der Waals surface area (Å²) >= 11 is 0. The molecule has 2 atom stereocenters. The van der Waals surface area contributed by atoms with E-state index in [9.17, 15) is 4.79 Å². The number of hydrazone groups is 1. The van der Waals surface area contributed by atoms with E-state index in [1.807, 2.05) is 42.3 Å². The molecule has 0 radical (unpaired) electrons. The standard InChI is InChI=1S/C21H23N3O2/c1-14-10-11-17-16(12-14)24-18(13-26-17)21(2,15-8-6-5-7-9-15)19(22-24)20(25)23(3)4/h5-12,18H,13H2,1-4H3/t18-,21+/m0/s1. The molecule has 0 spiro atoms. The van der Waals surface area contributed by atoms with Crippen molar-refractivity contribution >= 4 is 17.3 Å². The SMILES string of the molecule is Cc1ccc2c(c1)N1N=C(C(=O)N(C)C)[C@](C)(c3ccccc3)[C@@H]1CO2. The monoisotopic (exact) mass is 349 g/mol. The van der Waals surface area contributed by atoms with Gasteiger partial charge in [-0.05, 0) is 37.1 Å². The first kappa shape index (κ1) is 16.6. The van der Waals surface area contributed by atoms with Gasteiger partial charge in [0.1, 0.15) is 29.8 Å². The van der Waals surface area contributed by atoms with Crippen molar-refractivity contribution in [3.63, 3.8) is 0 Å². The number of hydrogen-bond donors (Lipinski definition) is 0. The lowest BCUT2D eigenvalue weighted by atomic mass is 9.72. The average Bonchev–Trinajstić information content (AvgIpc) is 2.96. The number of hydrogen-bond acceptors (Lipinski definition) is 4. The van der Waals surface area contributed by atoms with Crippen molar-refractivity contribution in [2.45, 2.75) is 25.3 Å². The third-order valence-electron chi connectivity index (χ3n) is 5.40. The van der Waals surface area contributed by atoms with Crippen LogP contribution in [0.4, 0.5) is 5.69 Å². The van der Waals surface area contributed by atoms with E-state index in [0.29, 0.717) is 12.3 Å². The molecule has 26 heavy (non-hydrogen) atoms. The largest absolute Gasteiger partial charge is 0.489 e. The zero-order valence-corrected chi connectivity index (χ0v) is 15.6. The fraction of sp³-hybridized carbons (Fsp3) is 0.333. The van der Waals surface area contributed by atoms with E-state index in [1.54, 1.807) is 19.0 Å². The van der Waals surface area contributed by atoms with Crippen molar-refractivity contribution in [1.29, 1.82) is 0 Å². The molecule has 5 nitrogen and oxygen atoms in total. The van der Waals surface area contributed by atoms with Gasteiger partial charge < -0.3 is 9.64 Å². The zero-order chi connectivity index (χ0) is 18.5. The Balaban J connectivity index is 1.90. The highest BCUT2D eigenvalue weighted by atomic mass is 16.5. The number of carbonyl (C=O) groups excluding carboxylic acids is 1. The maximum Gasteiger partial charge on any atom is 0.270 e. The van der Waals surface area contributed by atoms with E-state index < -0.39 is 5.41 Å². The van der Waals surface area contributed by atoms with Crippen LogP contribution in [0.2, 0.25) is 0 Å². The molecular weight excluding hydrogens is 326 g/mol. The van der Waals surface area contributed by atoms with Gasteiger partial charge in [-0.15, -0.1) is 0 Å². The van der Waals surface area contributed by atoms with E-state index in [-0.39, 0.29) is 11.9 Å². The van der Waals surface area contributed by atoms with Gasteiger partial charge in [0.25, 0.3) is 5.91 Å². The lowest BCUT2D eigenvalue weighted by Gasteiger charge is -2.39. The molecule has 0 fully saturated rings. The van der Waals surface area contributed by atoms with Crippen LogP contribution < -0.4 is 9.75 Å². The summed E-state index contributed by atoms with van der Waals surface area (Å²) in [6, 6.07) is 16.1. The van der Waals surface area contributed by atoms with Gasteiger partial charge in [0.15, 0.2) is 0 Å². The van der Waals surface area contributed by atoms with Crippen LogP contribution in [0.15, 0.2) is 53.6 Å². The van der Waals surface area contributed by atoms with Crippen molar-refractivity contribution in [3.05, 3.63) is 59.7 Å². The molecule has 2 aromatic carbocycles.